The zero-order chi connectivity index (χ0) is 10.3. The first-order valence-corrected chi connectivity index (χ1v) is 4.39. The molecule has 1 heterocycles. The SMILES string of the molecule is Cc1cc(N)c2c(c1)OCC(=O)N2C. The van der Waals surface area contributed by atoms with Crippen molar-refractivity contribution in [1.29, 1.82) is 0 Å². The Hall–Kier alpha value is -1.71. The van der Waals surface area contributed by atoms with Gasteiger partial charge in [-0.15, -0.1) is 0 Å². The average molecular weight is 192 g/mol. The van der Waals surface area contributed by atoms with Crippen LogP contribution in [-0.4, -0.2) is 19.6 Å². The van der Waals surface area contributed by atoms with Gasteiger partial charge in [0.25, 0.3) is 5.91 Å². The number of hydrogen-bond acceptors (Lipinski definition) is 3. The number of amides is 1. The maximum absolute atomic E-state index is 11.3. The van der Waals surface area contributed by atoms with E-state index in [1.807, 2.05) is 19.1 Å². The molecule has 74 valence electrons. The number of hydrogen-bond donors (Lipinski definition) is 1. The van der Waals surface area contributed by atoms with E-state index in [1.165, 1.54) is 4.90 Å². The number of carbonyl (C=O) groups excluding carboxylic acids is 1. The Balaban J connectivity index is 2.60. The first-order valence-electron chi connectivity index (χ1n) is 4.39. The van der Waals surface area contributed by atoms with Crippen molar-refractivity contribution in [2.24, 2.45) is 0 Å². The second-order valence-electron chi connectivity index (χ2n) is 3.44. The van der Waals surface area contributed by atoms with E-state index in [0.717, 1.165) is 5.56 Å². The van der Waals surface area contributed by atoms with E-state index in [9.17, 15) is 4.79 Å². The van der Waals surface area contributed by atoms with Crippen LogP contribution in [-0.2, 0) is 4.79 Å². The van der Waals surface area contributed by atoms with Crippen molar-refractivity contribution in [1.82, 2.24) is 0 Å². The van der Waals surface area contributed by atoms with Crippen molar-refractivity contribution in [2.75, 3.05) is 24.3 Å². The minimum atomic E-state index is -0.0759. The Morgan fingerprint density at radius 2 is 2.21 bits per heavy atom. The zero-order valence-corrected chi connectivity index (χ0v) is 8.20. The number of fused-ring (bicyclic) bond motifs is 1. The van der Waals surface area contributed by atoms with Crippen molar-refractivity contribution in [3.63, 3.8) is 0 Å². The lowest BCUT2D eigenvalue weighted by atomic mass is 10.1. The number of carbonyl (C=O) groups is 1. The highest BCUT2D eigenvalue weighted by molar-refractivity contribution is 6.00. The molecule has 0 saturated heterocycles. The molecule has 0 bridgehead atoms. The van der Waals surface area contributed by atoms with Gasteiger partial charge in [-0.1, -0.05) is 0 Å². The number of aryl methyl sites for hydroxylation is 1. The van der Waals surface area contributed by atoms with Crippen molar-refractivity contribution in [2.45, 2.75) is 6.92 Å². The number of rotatable bonds is 0. The Kier molecular flexibility index (Phi) is 1.84. The molecule has 1 aliphatic heterocycles. The van der Waals surface area contributed by atoms with Crippen LogP contribution in [0.1, 0.15) is 5.56 Å². The summed E-state index contributed by atoms with van der Waals surface area (Å²) in [4.78, 5) is 12.9. The van der Waals surface area contributed by atoms with Gasteiger partial charge in [0, 0.05) is 7.05 Å². The number of likely N-dealkylation sites (N-methyl/N-ethyl adjacent to an activating group) is 1. The lowest BCUT2D eigenvalue weighted by Crippen LogP contribution is -2.36. The van der Waals surface area contributed by atoms with Crippen LogP contribution in [0, 0.1) is 6.92 Å². The van der Waals surface area contributed by atoms with Crippen molar-refractivity contribution in [3.05, 3.63) is 17.7 Å². The minimum absolute atomic E-state index is 0.0759. The van der Waals surface area contributed by atoms with Crippen LogP contribution >= 0.6 is 0 Å². The molecule has 4 nitrogen and oxygen atoms in total. The summed E-state index contributed by atoms with van der Waals surface area (Å²) in [6.45, 7) is 2.03. The molecule has 0 unspecified atom stereocenters. The van der Waals surface area contributed by atoms with Crippen LogP contribution in [0.25, 0.3) is 0 Å². The third-order valence-corrected chi connectivity index (χ3v) is 2.31. The van der Waals surface area contributed by atoms with Gasteiger partial charge in [-0.3, -0.25) is 4.79 Å². The number of anilines is 2. The van der Waals surface area contributed by atoms with Crippen molar-refractivity contribution < 1.29 is 9.53 Å². The Bertz CT molecular complexity index is 401. The molecule has 1 aromatic rings. The molecule has 1 aliphatic rings. The fourth-order valence-corrected chi connectivity index (χ4v) is 1.60. The molecule has 0 aromatic heterocycles. The first kappa shape index (κ1) is 8.87. The predicted molar refractivity (Wildman–Crippen MR) is 54.5 cm³/mol. The molecule has 2 N–H and O–H groups in total. The Morgan fingerprint density at radius 3 is 2.93 bits per heavy atom. The third-order valence-electron chi connectivity index (χ3n) is 2.31. The predicted octanol–water partition coefficient (Wildman–Crippen LogP) is 0.932. The van der Waals surface area contributed by atoms with Gasteiger partial charge in [0.15, 0.2) is 6.61 Å². The van der Waals surface area contributed by atoms with E-state index in [1.54, 1.807) is 7.05 Å². The van der Waals surface area contributed by atoms with Gasteiger partial charge in [0.2, 0.25) is 0 Å². The van der Waals surface area contributed by atoms with Gasteiger partial charge in [0.1, 0.15) is 11.4 Å². The summed E-state index contributed by atoms with van der Waals surface area (Å²) < 4.78 is 5.30. The van der Waals surface area contributed by atoms with Crippen LogP contribution < -0.4 is 15.4 Å². The second-order valence-corrected chi connectivity index (χ2v) is 3.44. The molecular formula is C10H12N2O2. The smallest absolute Gasteiger partial charge is 0.264 e. The highest BCUT2D eigenvalue weighted by Crippen LogP contribution is 2.37. The Labute approximate surface area is 82.3 Å². The Morgan fingerprint density at radius 1 is 1.50 bits per heavy atom. The maximum atomic E-state index is 11.3. The summed E-state index contributed by atoms with van der Waals surface area (Å²) in [7, 11) is 1.70. The van der Waals surface area contributed by atoms with Gasteiger partial charge in [-0.05, 0) is 24.6 Å². The van der Waals surface area contributed by atoms with E-state index in [4.69, 9.17) is 10.5 Å². The lowest BCUT2D eigenvalue weighted by Gasteiger charge is -2.27. The standard InChI is InChI=1S/C10H12N2O2/c1-6-3-7(11)10-8(4-6)14-5-9(13)12(10)2/h3-4H,5,11H2,1-2H3. The molecule has 0 fully saturated rings. The molecule has 4 heteroatoms. The fraction of sp³-hybridized carbons (Fsp3) is 0.300. The maximum Gasteiger partial charge on any atom is 0.264 e. The minimum Gasteiger partial charge on any atom is -0.481 e. The molecular weight excluding hydrogens is 180 g/mol. The monoisotopic (exact) mass is 192 g/mol. The van der Waals surface area contributed by atoms with Gasteiger partial charge in [0.05, 0.1) is 5.69 Å². The summed E-state index contributed by atoms with van der Waals surface area (Å²) in [6.07, 6.45) is 0. The first-order chi connectivity index (χ1) is 6.59. The summed E-state index contributed by atoms with van der Waals surface area (Å²) in [5, 5.41) is 0. The number of nitrogens with zero attached hydrogens (tertiary/aromatic N) is 1. The second kappa shape index (κ2) is 2.90. The molecule has 1 amide bonds. The van der Waals surface area contributed by atoms with Gasteiger partial charge in [-0.25, -0.2) is 0 Å². The highest BCUT2D eigenvalue weighted by Gasteiger charge is 2.24. The van der Waals surface area contributed by atoms with E-state index >= 15 is 0 Å². The molecule has 1 aromatic carbocycles. The van der Waals surface area contributed by atoms with Crippen molar-refractivity contribution in [3.8, 4) is 5.75 Å². The van der Waals surface area contributed by atoms with Crippen LogP contribution in [0.4, 0.5) is 11.4 Å². The van der Waals surface area contributed by atoms with E-state index < -0.39 is 0 Å². The number of benzene rings is 1. The normalized spacial score (nSPS) is 15.0. The van der Waals surface area contributed by atoms with Crippen molar-refractivity contribution >= 4 is 17.3 Å². The molecule has 0 saturated carbocycles. The number of nitrogens with two attached hydrogens (primary N) is 1. The lowest BCUT2D eigenvalue weighted by molar-refractivity contribution is -0.120. The molecule has 0 aliphatic carbocycles. The van der Waals surface area contributed by atoms with Gasteiger partial charge >= 0.3 is 0 Å². The quantitative estimate of drug-likeness (QED) is 0.622. The summed E-state index contributed by atoms with van der Waals surface area (Å²) in [5.74, 6) is 0.609. The highest BCUT2D eigenvalue weighted by atomic mass is 16.5. The van der Waals surface area contributed by atoms with E-state index in [-0.39, 0.29) is 12.5 Å². The summed E-state index contributed by atoms with van der Waals surface area (Å²) in [6, 6.07) is 3.71. The third kappa shape index (κ3) is 1.19. The molecule has 0 spiro atoms. The topological polar surface area (TPSA) is 55.6 Å². The van der Waals surface area contributed by atoms with E-state index in [2.05, 4.69) is 0 Å². The van der Waals surface area contributed by atoms with E-state index in [0.29, 0.717) is 17.1 Å². The molecule has 0 radical (unpaired) electrons. The van der Waals surface area contributed by atoms with Gasteiger partial charge < -0.3 is 15.4 Å². The fourth-order valence-electron chi connectivity index (χ4n) is 1.60. The molecule has 14 heavy (non-hydrogen) atoms. The summed E-state index contributed by atoms with van der Waals surface area (Å²) >= 11 is 0. The van der Waals surface area contributed by atoms with Gasteiger partial charge in [-0.2, -0.15) is 0 Å². The molecule has 2 rings (SSSR count). The zero-order valence-electron chi connectivity index (χ0n) is 8.20. The van der Waals surface area contributed by atoms with Crippen LogP contribution in [0.15, 0.2) is 12.1 Å². The molecule has 0 atom stereocenters. The van der Waals surface area contributed by atoms with Crippen LogP contribution in [0.3, 0.4) is 0 Å². The average Bonchev–Trinajstić information content (AvgIpc) is 2.10. The summed E-state index contributed by atoms with van der Waals surface area (Å²) in [5.41, 5.74) is 8.10. The number of nitrogen functional groups attached to an aromatic ring is 1. The van der Waals surface area contributed by atoms with Crippen LogP contribution in [0.5, 0.6) is 5.75 Å². The number of ether oxygens (including phenoxy) is 1. The largest absolute Gasteiger partial charge is 0.481 e. The van der Waals surface area contributed by atoms with Crippen LogP contribution in [0.2, 0.25) is 0 Å².